The van der Waals surface area contributed by atoms with E-state index in [2.05, 4.69) is 0 Å². The number of esters is 1. The number of nitro groups is 1. The minimum Gasteiger partial charge on any atom is -0.494 e. The molecular formula is C28H23N3O7S. The number of hydrogen-bond donors (Lipinski definition) is 0. The highest BCUT2D eigenvalue weighted by Gasteiger charge is 2.35. The summed E-state index contributed by atoms with van der Waals surface area (Å²) in [6.45, 7) is 4.23. The highest BCUT2D eigenvalue weighted by Crippen LogP contribution is 2.35. The fourth-order valence-electron chi connectivity index (χ4n) is 4.32. The Morgan fingerprint density at radius 3 is 2.49 bits per heavy atom. The van der Waals surface area contributed by atoms with Gasteiger partial charge in [0.15, 0.2) is 4.80 Å². The molecule has 0 saturated heterocycles. The number of ether oxygens (including phenoxy) is 2. The Balaban J connectivity index is 1.78. The molecule has 0 spiro atoms. The summed E-state index contributed by atoms with van der Waals surface area (Å²) in [5, 5.41) is 11.0. The van der Waals surface area contributed by atoms with Crippen LogP contribution in [0.3, 0.4) is 0 Å². The molecule has 0 amide bonds. The first-order valence-corrected chi connectivity index (χ1v) is 13.0. The summed E-state index contributed by atoms with van der Waals surface area (Å²) >= 11 is 1.10. The van der Waals surface area contributed by atoms with E-state index in [1.165, 1.54) is 22.8 Å². The molecule has 10 nitrogen and oxygen atoms in total. The molecule has 5 rings (SSSR count). The molecule has 2 aromatic heterocycles. The highest BCUT2D eigenvalue weighted by atomic mass is 32.1. The lowest BCUT2D eigenvalue weighted by atomic mass is 9.93. The van der Waals surface area contributed by atoms with Crippen LogP contribution in [-0.4, -0.2) is 28.7 Å². The summed E-state index contributed by atoms with van der Waals surface area (Å²) in [4.78, 5) is 42.8. The molecule has 11 heteroatoms. The Hall–Kier alpha value is -4.77. The number of nitrogens with zero attached hydrogens (tertiary/aromatic N) is 3. The van der Waals surface area contributed by atoms with Gasteiger partial charge in [-0.15, -0.1) is 0 Å². The van der Waals surface area contributed by atoms with Gasteiger partial charge in [0.05, 0.1) is 41.1 Å². The van der Waals surface area contributed by atoms with Crippen molar-refractivity contribution in [3.8, 4) is 5.75 Å². The van der Waals surface area contributed by atoms with Crippen LogP contribution in [-0.2, 0) is 9.53 Å². The first kappa shape index (κ1) is 25.9. The van der Waals surface area contributed by atoms with Crippen molar-refractivity contribution < 1.29 is 23.6 Å². The molecule has 198 valence electrons. The molecule has 1 aliphatic heterocycles. The second kappa shape index (κ2) is 10.9. The van der Waals surface area contributed by atoms with Crippen LogP contribution >= 0.6 is 11.3 Å². The van der Waals surface area contributed by atoms with Crippen molar-refractivity contribution in [2.24, 2.45) is 4.99 Å². The van der Waals surface area contributed by atoms with Gasteiger partial charge in [-0.05, 0) is 37.6 Å². The Morgan fingerprint density at radius 1 is 1.10 bits per heavy atom. The molecule has 0 saturated carbocycles. The number of fused-ring (bicyclic) bond motifs is 1. The van der Waals surface area contributed by atoms with Gasteiger partial charge in [-0.25, -0.2) is 9.79 Å². The maximum atomic E-state index is 13.8. The molecule has 1 atom stereocenters. The lowest BCUT2D eigenvalue weighted by Crippen LogP contribution is -2.40. The minimum atomic E-state index is -0.848. The third kappa shape index (κ3) is 5.04. The second-order valence-corrected chi connectivity index (χ2v) is 9.38. The molecule has 0 aliphatic carbocycles. The van der Waals surface area contributed by atoms with E-state index in [0.717, 1.165) is 11.3 Å². The average Bonchev–Trinajstić information content (AvgIpc) is 3.54. The molecule has 39 heavy (non-hydrogen) atoms. The minimum absolute atomic E-state index is 0.141. The van der Waals surface area contributed by atoms with Gasteiger partial charge in [0.25, 0.3) is 5.56 Å². The molecule has 0 N–H and O–H groups in total. The second-order valence-electron chi connectivity index (χ2n) is 8.37. The van der Waals surface area contributed by atoms with E-state index in [1.54, 1.807) is 31.2 Å². The smallest absolute Gasteiger partial charge is 0.433 e. The maximum Gasteiger partial charge on any atom is 0.433 e. The summed E-state index contributed by atoms with van der Waals surface area (Å²) in [7, 11) is 0. The van der Waals surface area contributed by atoms with Gasteiger partial charge in [0.1, 0.15) is 16.4 Å². The number of furan rings is 1. The third-order valence-corrected chi connectivity index (χ3v) is 6.93. The Morgan fingerprint density at radius 2 is 1.85 bits per heavy atom. The monoisotopic (exact) mass is 545 g/mol. The summed E-state index contributed by atoms with van der Waals surface area (Å²) in [6.07, 6.45) is 1.43. The molecule has 0 unspecified atom stereocenters. The molecule has 3 heterocycles. The summed E-state index contributed by atoms with van der Waals surface area (Å²) < 4.78 is 18.0. The number of aromatic nitrogens is 1. The quantitative estimate of drug-likeness (QED) is 0.187. The number of thiazole rings is 1. The highest BCUT2D eigenvalue weighted by molar-refractivity contribution is 7.07. The van der Waals surface area contributed by atoms with Gasteiger partial charge in [-0.3, -0.25) is 19.5 Å². The molecule has 0 radical (unpaired) electrons. The van der Waals surface area contributed by atoms with Gasteiger partial charge >= 0.3 is 11.9 Å². The Labute approximate surface area is 225 Å². The number of hydrogen-bond acceptors (Lipinski definition) is 9. The SMILES string of the molecule is CCOC(=O)C1=C(c2ccccc2)N=c2s/c(=C\c3ccc([N+](=O)[O-])o3)c(=O)n2[C@@H]1c1ccc(OCC)cc1. The first-order chi connectivity index (χ1) is 18.9. The molecule has 2 aromatic carbocycles. The van der Waals surface area contributed by atoms with Crippen molar-refractivity contribution >= 4 is 35.0 Å². The van der Waals surface area contributed by atoms with Crippen molar-refractivity contribution in [3.63, 3.8) is 0 Å². The van der Waals surface area contributed by atoms with E-state index in [0.29, 0.717) is 34.0 Å². The predicted molar refractivity (Wildman–Crippen MR) is 144 cm³/mol. The average molecular weight is 546 g/mol. The fraction of sp³-hybridized carbons (Fsp3) is 0.179. The van der Waals surface area contributed by atoms with Gasteiger partial charge in [0.2, 0.25) is 0 Å². The lowest BCUT2D eigenvalue weighted by molar-refractivity contribution is -0.402. The van der Waals surface area contributed by atoms with E-state index in [4.69, 9.17) is 18.9 Å². The molecule has 1 aliphatic rings. The zero-order valence-corrected chi connectivity index (χ0v) is 21.8. The van der Waals surface area contributed by atoms with Gasteiger partial charge < -0.3 is 13.9 Å². The molecule has 0 bridgehead atoms. The van der Waals surface area contributed by atoms with Crippen LogP contribution in [0.1, 0.15) is 36.8 Å². The van der Waals surface area contributed by atoms with Gasteiger partial charge in [0, 0.05) is 11.6 Å². The largest absolute Gasteiger partial charge is 0.494 e. The van der Waals surface area contributed by atoms with Crippen molar-refractivity contribution in [2.75, 3.05) is 13.2 Å². The predicted octanol–water partition coefficient (Wildman–Crippen LogP) is 3.84. The fourth-order valence-corrected chi connectivity index (χ4v) is 5.30. The van der Waals surface area contributed by atoms with Crippen molar-refractivity contribution in [2.45, 2.75) is 19.9 Å². The number of carbonyl (C=O) groups excluding carboxylic acids is 1. The van der Waals surface area contributed by atoms with E-state index in [-0.39, 0.29) is 22.5 Å². The van der Waals surface area contributed by atoms with Crippen molar-refractivity contribution in [1.82, 2.24) is 4.57 Å². The van der Waals surface area contributed by atoms with Gasteiger partial charge in [-0.2, -0.15) is 0 Å². The Bertz CT molecular complexity index is 1750. The molecule has 0 fully saturated rings. The zero-order valence-electron chi connectivity index (χ0n) is 21.0. The van der Waals surface area contributed by atoms with E-state index >= 15 is 0 Å². The topological polar surface area (TPSA) is 126 Å². The standard InChI is InChI=1S/C28H23N3O7S/c1-3-36-19-12-10-18(11-13-19)25-23(27(33)37-4-2)24(17-8-6-5-7-9-17)29-28-30(25)26(32)21(39-28)16-20-14-15-22(38-20)31(34)35/h5-16,25H,3-4H2,1-2H3/b21-16-/t25-/m1/s1. The van der Waals surface area contributed by atoms with Crippen LogP contribution in [0, 0.1) is 10.1 Å². The van der Waals surface area contributed by atoms with Crippen LogP contribution in [0.4, 0.5) is 5.88 Å². The van der Waals surface area contributed by atoms with Crippen LogP contribution in [0.15, 0.2) is 86.5 Å². The van der Waals surface area contributed by atoms with Crippen LogP contribution in [0.25, 0.3) is 11.8 Å². The first-order valence-electron chi connectivity index (χ1n) is 12.2. The molecule has 4 aromatic rings. The van der Waals surface area contributed by atoms with Crippen molar-refractivity contribution in [3.05, 3.63) is 119 Å². The number of rotatable bonds is 8. The van der Waals surface area contributed by atoms with Gasteiger partial charge in [-0.1, -0.05) is 53.8 Å². The zero-order chi connectivity index (χ0) is 27.5. The van der Waals surface area contributed by atoms with E-state index in [1.807, 2.05) is 37.3 Å². The van der Waals surface area contributed by atoms with E-state index < -0.39 is 28.4 Å². The Kier molecular flexibility index (Phi) is 7.24. The van der Waals surface area contributed by atoms with Crippen LogP contribution < -0.4 is 19.6 Å². The van der Waals surface area contributed by atoms with Crippen molar-refractivity contribution in [1.29, 1.82) is 0 Å². The summed E-state index contributed by atoms with van der Waals surface area (Å²) in [5.74, 6) is -0.220. The maximum absolute atomic E-state index is 13.8. The van der Waals surface area contributed by atoms with Crippen LogP contribution in [0.2, 0.25) is 0 Å². The molecular weight excluding hydrogens is 522 g/mol. The summed E-state index contributed by atoms with van der Waals surface area (Å²) in [5.41, 5.74) is 1.54. The third-order valence-electron chi connectivity index (χ3n) is 5.95. The summed E-state index contributed by atoms with van der Waals surface area (Å²) in [6, 6.07) is 18.2. The lowest BCUT2D eigenvalue weighted by Gasteiger charge is -2.26. The number of benzene rings is 2. The van der Waals surface area contributed by atoms with E-state index in [9.17, 15) is 19.7 Å². The normalized spacial score (nSPS) is 15.0. The number of carbonyl (C=O) groups is 1. The van der Waals surface area contributed by atoms with Crippen LogP contribution in [0.5, 0.6) is 5.75 Å².